The van der Waals surface area contributed by atoms with Crippen molar-refractivity contribution in [2.24, 2.45) is 0 Å². The lowest BCUT2D eigenvalue weighted by Gasteiger charge is -2.07. The van der Waals surface area contributed by atoms with Gasteiger partial charge in [-0.3, -0.25) is 4.79 Å². The van der Waals surface area contributed by atoms with Gasteiger partial charge in [-0.2, -0.15) is 0 Å². The molecule has 0 aliphatic carbocycles. The third kappa shape index (κ3) is 11.4. The molecule has 1 N–H and O–H groups in total. The van der Waals surface area contributed by atoms with Crippen LogP contribution < -0.4 is 5.32 Å². The number of carbonyl (C=O) groups is 1. The van der Waals surface area contributed by atoms with Gasteiger partial charge < -0.3 is 10.1 Å². The van der Waals surface area contributed by atoms with Crippen molar-refractivity contribution >= 4 is 5.97 Å². The number of carbonyl (C=O) groups excluding carboxylic acids is 1. The molecule has 15 heavy (non-hydrogen) atoms. The van der Waals surface area contributed by atoms with Crippen LogP contribution in [-0.2, 0) is 9.53 Å². The predicted molar refractivity (Wildman–Crippen MR) is 62.9 cm³/mol. The van der Waals surface area contributed by atoms with Crippen molar-refractivity contribution in [1.29, 1.82) is 0 Å². The summed E-state index contributed by atoms with van der Waals surface area (Å²) in [6.07, 6.45) is 5.05. The van der Waals surface area contributed by atoms with Gasteiger partial charge in [0.25, 0.3) is 0 Å². The summed E-state index contributed by atoms with van der Waals surface area (Å²) in [5.74, 6) is -0.0576. The van der Waals surface area contributed by atoms with E-state index in [0.717, 1.165) is 19.4 Å². The van der Waals surface area contributed by atoms with Crippen LogP contribution in [0.5, 0.6) is 0 Å². The number of ether oxygens (including phenoxy) is 1. The van der Waals surface area contributed by atoms with E-state index in [1.807, 2.05) is 6.92 Å². The molecule has 0 radical (unpaired) electrons. The van der Waals surface area contributed by atoms with Crippen molar-refractivity contribution in [2.75, 3.05) is 13.2 Å². The molecule has 0 saturated carbocycles. The Morgan fingerprint density at radius 3 is 2.47 bits per heavy atom. The molecule has 0 heterocycles. The number of esters is 1. The second-order valence-electron chi connectivity index (χ2n) is 4.08. The van der Waals surface area contributed by atoms with Crippen LogP contribution in [0.25, 0.3) is 0 Å². The molecule has 3 nitrogen and oxygen atoms in total. The fourth-order valence-electron chi connectivity index (χ4n) is 1.37. The van der Waals surface area contributed by atoms with E-state index in [0.29, 0.717) is 19.1 Å². The van der Waals surface area contributed by atoms with Crippen molar-refractivity contribution in [1.82, 2.24) is 5.32 Å². The van der Waals surface area contributed by atoms with Crippen LogP contribution in [-0.4, -0.2) is 25.2 Å². The minimum absolute atomic E-state index is 0.0576. The Kier molecular flexibility index (Phi) is 9.59. The predicted octanol–water partition coefficient (Wildman–Crippen LogP) is 2.50. The van der Waals surface area contributed by atoms with E-state index in [1.54, 1.807) is 0 Å². The highest BCUT2D eigenvalue weighted by Crippen LogP contribution is 2.03. The molecule has 0 aromatic carbocycles. The topological polar surface area (TPSA) is 38.3 Å². The summed E-state index contributed by atoms with van der Waals surface area (Å²) >= 11 is 0. The Balaban J connectivity index is 3.08. The van der Waals surface area contributed by atoms with Gasteiger partial charge in [-0.1, -0.05) is 26.7 Å². The zero-order valence-corrected chi connectivity index (χ0v) is 10.3. The van der Waals surface area contributed by atoms with E-state index in [4.69, 9.17) is 4.74 Å². The second kappa shape index (κ2) is 9.97. The van der Waals surface area contributed by atoms with Crippen LogP contribution in [0.2, 0.25) is 0 Å². The number of rotatable bonds is 9. The summed E-state index contributed by atoms with van der Waals surface area (Å²) in [7, 11) is 0. The van der Waals surface area contributed by atoms with E-state index in [-0.39, 0.29) is 5.97 Å². The minimum atomic E-state index is -0.0576. The number of nitrogens with one attached hydrogen (secondary N) is 1. The summed E-state index contributed by atoms with van der Waals surface area (Å²) in [5.41, 5.74) is 0. The summed E-state index contributed by atoms with van der Waals surface area (Å²) < 4.78 is 4.85. The molecule has 0 atom stereocenters. The highest BCUT2D eigenvalue weighted by atomic mass is 16.5. The molecule has 0 rings (SSSR count). The van der Waals surface area contributed by atoms with Crippen LogP contribution in [0.4, 0.5) is 0 Å². The van der Waals surface area contributed by atoms with E-state index in [2.05, 4.69) is 19.2 Å². The maximum absolute atomic E-state index is 11.0. The molecular formula is C12H25NO2. The van der Waals surface area contributed by atoms with Gasteiger partial charge in [-0.25, -0.2) is 0 Å². The first-order valence-corrected chi connectivity index (χ1v) is 6.05. The van der Waals surface area contributed by atoms with Gasteiger partial charge in [0.1, 0.15) is 0 Å². The number of unbranched alkanes of at least 4 members (excludes halogenated alkanes) is 3. The lowest BCUT2D eigenvalue weighted by Crippen LogP contribution is -2.23. The molecule has 0 aliphatic rings. The lowest BCUT2D eigenvalue weighted by molar-refractivity contribution is -0.143. The van der Waals surface area contributed by atoms with Crippen LogP contribution in [0.1, 0.15) is 52.9 Å². The lowest BCUT2D eigenvalue weighted by atomic mass is 10.1. The molecule has 90 valence electrons. The van der Waals surface area contributed by atoms with E-state index >= 15 is 0 Å². The molecule has 0 unspecified atom stereocenters. The average Bonchev–Trinajstić information content (AvgIpc) is 2.16. The van der Waals surface area contributed by atoms with Crippen LogP contribution in [0.3, 0.4) is 0 Å². The maximum atomic E-state index is 11.0. The van der Waals surface area contributed by atoms with Crippen LogP contribution >= 0.6 is 0 Å². The zero-order chi connectivity index (χ0) is 11.5. The summed E-state index contributed by atoms with van der Waals surface area (Å²) in [4.78, 5) is 11.0. The quantitative estimate of drug-likeness (QED) is 0.474. The second-order valence-corrected chi connectivity index (χ2v) is 4.08. The molecule has 0 fully saturated rings. The van der Waals surface area contributed by atoms with E-state index in [1.165, 1.54) is 12.8 Å². The molecule has 0 spiro atoms. The third-order valence-corrected chi connectivity index (χ3v) is 2.17. The molecule has 0 aromatic heterocycles. The summed E-state index contributed by atoms with van der Waals surface area (Å²) in [5, 5.41) is 3.37. The molecule has 0 aromatic rings. The molecule has 0 bridgehead atoms. The Bertz CT molecular complexity index is 158. The van der Waals surface area contributed by atoms with E-state index < -0.39 is 0 Å². The number of hydrogen-bond acceptors (Lipinski definition) is 3. The Labute approximate surface area is 93.6 Å². The Morgan fingerprint density at radius 1 is 1.20 bits per heavy atom. The highest BCUT2D eigenvalue weighted by Gasteiger charge is 2.00. The first-order chi connectivity index (χ1) is 7.16. The maximum Gasteiger partial charge on any atom is 0.305 e. The first-order valence-electron chi connectivity index (χ1n) is 6.05. The largest absolute Gasteiger partial charge is 0.466 e. The molecule has 0 saturated heterocycles. The Morgan fingerprint density at radius 2 is 1.87 bits per heavy atom. The summed E-state index contributed by atoms with van der Waals surface area (Å²) in [6.45, 7) is 7.73. The van der Waals surface area contributed by atoms with E-state index in [9.17, 15) is 4.79 Å². The van der Waals surface area contributed by atoms with Crippen molar-refractivity contribution < 1.29 is 9.53 Å². The fourth-order valence-corrected chi connectivity index (χ4v) is 1.37. The standard InChI is InChI=1S/C12H25NO2/c1-4-15-12(14)9-7-5-6-8-10-13-11(2)3/h11,13H,4-10H2,1-3H3. The normalized spacial score (nSPS) is 10.7. The SMILES string of the molecule is CCOC(=O)CCCCCCNC(C)C. The highest BCUT2D eigenvalue weighted by molar-refractivity contribution is 5.69. The molecule has 0 amide bonds. The average molecular weight is 215 g/mol. The van der Waals surface area contributed by atoms with Gasteiger partial charge >= 0.3 is 5.97 Å². The van der Waals surface area contributed by atoms with Gasteiger partial charge in [-0.15, -0.1) is 0 Å². The number of hydrogen-bond donors (Lipinski definition) is 1. The van der Waals surface area contributed by atoms with Crippen molar-refractivity contribution in [2.45, 2.75) is 58.9 Å². The van der Waals surface area contributed by atoms with Crippen molar-refractivity contribution in [3.63, 3.8) is 0 Å². The van der Waals surface area contributed by atoms with Crippen LogP contribution in [0.15, 0.2) is 0 Å². The van der Waals surface area contributed by atoms with Gasteiger partial charge in [0.2, 0.25) is 0 Å². The van der Waals surface area contributed by atoms with Gasteiger partial charge in [0.15, 0.2) is 0 Å². The van der Waals surface area contributed by atoms with Gasteiger partial charge in [-0.05, 0) is 26.3 Å². The third-order valence-electron chi connectivity index (χ3n) is 2.17. The fraction of sp³-hybridized carbons (Fsp3) is 0.917. The minimum Gasteiger partial charge on any atom is -0.466 e. The van der Waals surface area contributed by atoms with Crippen molar-refractivity contribution in [3.8, 4) is 0 Å². The van der Waals surface area contributed by atoms with Gasteiger partial charge in [0, 0.05) is 12.5 Å². The van der Waals surface area contributed by atoms with Crippen LogP contribution in [0, 0.1) is 0 Å². The molecule has 0 aliphatic heterocycles. The monoisotopic (exact) mass is 215 g/mol. The Hall–Kier alpha value is -0.570. The van der Waals surface area contributed by atoms with Crippen molar-refractivity contribution in [3.05, 3.63) is 0 Å². The molecular weight excluding hydrogens is 190 g/mol. The zero-order valence-electron chi connectivity index (χ0n) is 10.3. The van der Waals surface area contributed by atoms with Gasteiger partial charge in [0.05, 0.1) is 6.61 Å². The summed E-state index contributed by atoms with van der Waals surface area (Å²) in [6, 6.07) is 0.574. The molecule has 3 heteroatoms. The first kappa shape index (κ1) is 14.4. The smallest absolute Gasteiger partial charge is 0.305 e.